The SMILES string of the molecule is CNc1nc(C)nc(-c2cc(F)ccc2F)c1C. The van der Waals surface area contributed by atoms with Crippen molar-refractivity contribution in [1.29, 1.82) is 0 Å². The van der Waals surface area contributed by atoms with Crippen LogP contribution in [0.1, 0.15) is 11.4 Å². The van der Waals surface area contributed by atoms with Gasteiger partial charge in [-0.2, -0.15) is 0 Å². The molecule has 5 heteroatoms. The second-order valence-corrected chi connectivity index (χ2v) is 3.97. The summed E-state index contributed by atoms with van der Waals surface area (Å²) in [4.78, 5) is 8.39. The number of aryl methyl sites for hydroxylation is 1. The maximum Gasteiger partial charge on any atom is 0.132 e. The van der Waals surface area contributed by atoms with Gasteiger partial charge in [-0.05, 0) is 32.0 Å². The van der Waals surface area contributed by atoms with Gasteiger partial charge in [-0.1, -0.05) is 0 Å². The lowest BCUT2D eigenvalue weighted by atomic mass is 10.1. The Kier molecular flexibility index (Phi) is 3.23. The van der Waals surface area contributed by atoms with Crippen molar-refractivity contribution in [3.05, 3.63) is 41.2 Å². The van der Waals surface area contributed by atoms with Gasteiger partial charge in [-0.15, -0.1) is 0 Å². The van der Waals surface area contributed by atoms with Gasteiger partial charge in [-0.25, -0.2) is 18.7 Å². The van der Waals surface area contributed by atoms with Crippen molar-refractivity contribution in [2.75, 3.05) is 12.4 Å². The Morgan fingerprint density at radius 3 is 2.50 bits per heavy atom. The summed E-state index contributed by atoms with van der Waals surface area (Å²) < 4.78 is 27.0. The third-order valence-corrected chi connectivity index (χ3v) is 2.68. The molecule has 0 amide bonds. The molecule has 2 rings (SSSR count). The smallest absolute Gasteiger partial charge is 0.132 e. The monoisotopic (exact) mass is 249 g/mol. The molecular weight excluding hydrogens is 236 g/mol. The van der Waals surface area contributed by atoms with Gasteiger partial charge in [0.25, 0.3) is 0 Å². The highest BCUT2D eigenvalue weighted by Crippen LogP contribution is 2.28. The number of nitrogens with one attached hydrogen (secondary N) is 1. The molecule has 0 aliphatic carbocycles. The topological polar surface area (TPSA) is 37.8 Å². The first kappa shape index (κ1) is 12.4. The lowest BCUT2D eigenvalue weighted by Crippen LogP contribution is -2.03. The predicted octanol–water partition coefficient (Wildman–Crippen LogP) is 3.08. The van der Waals surface area contributed by atoms with E-state index >= 15 is 0 Å². The number of benzene rings is 1. The van der Waals surface area contributed by atoms with Gasteiger partial charge in [0.05, 0.1) is 5.69 Å². The van der Waals surface area contributed by atoms with E-state index in [1.54, 1.807) is 20.9 Å². The zero-order chi connectivity index (χ0) is 13.3. The average Bonchev–Trinajstić information content (AvgIpc) is 2.35. The van der Waals surface area contributed by atoms with E-state index in [1.165, 1.54) is 0 Å². The highest BCUT2D eigenvalue weighted by molar-refractivity contribution is 5.68. The molecular formula is C13H13F2N3. The second-order valence-electron chi connectivity index (χ2n) is 3.97. The molecule has 0 atom stereocenters. The van der Waals surface area contributed by atoms with Crippen LogP contribution in [0.2, 0.25) is 0 Å². The van der Waals surface area contributed by atoms with Crippen LogP contribution in [0.15, 0.2) is 18.2 Å². The van der Waals surface area contributed by atoms with Crippen molar-refractivity contribution < 1.29 is 8.78 Å². The predicted molar refractivity (Wildman–Crippen MR) is 66.4 cm³/mol. The van der Waals surface area contributed by atoms with E-state index in [9.17, 15) is 8.78 Å². The first-order chi connectivity index (χ1) is 8.52. The molecule has 94 valence electrons. The highest BCUT2D eigenvalue weighted by Gasteiger charge is 2.14. The van der Waals surface area contributed by atoms with Crippen molar-refractivity contribution in [2.45, 2.75) is 13.8 Å². The van der Waals surface area contributed by atoms with E-state index in [4.69, 9.17) is 0 Å². The van der Waals surface area contributed by atoms with Crippen LogP contribution in [0.4, 0.5) is 14.6 Å². The van der Waals surface area contributed by atoms with Crippen LogP contribution in [0.25, 0.3) is 11.3 Å². The molecule has 0 saturated carbocycles. The zero-order valence-corrected chi connectivity index (χ0v) is 10.4. The normalized spacial score (nSPS) is 10.5. The molecule has 1 heterocycles. The number of nitrogens with zero attached hydrogens (tertiary/aromatic N) is 2. The van der Waals surface area contributed by atoms with Crippen LogP contribution in [0.3, 0.4) is 0 Å². The molecule has 3 nitrogen and oxygen atoms in total. The summed E-state index contributed by atoms with van der Waals surface area (Å²) in [5, 5.41) is 2.91. The molecule has 0 unspecified atom stereocenters. The molecule has 0 aliphatic heterocycles. The molecule has 0 aliphatic rings. The van der Waals surface area contributed by atoms with Crippen LogP contribution in [0, 0.1) is 25.5 Å². The average molecular weight is 249 g/mol. The minimum absolute atomic E-state index is 0.148. The van der Waals surface area contributed by atoms with Crippen molar-refractivity contribution in [3.63, 3.8) is 0 Å². The third kappa shape index (κ3) is 2.16. The van der Waals surface area contributed by atoms with Crippen molar-refractivity contribution in [3.8, 4) is 11.3 Å². The van der Waals surface area contributed by atoms with Gasteiger partial charge in [0.2, 0.25) is 0 Å². The number of hydrogen-bond donors (Lipinski definition) is 1. The molecule has 18 heavy (non-hydrogen) atoms. The largest absolute Gasteiger partial charge is 0.373 e. The molecule has 0 spiro atoms. The Morgan fingerprint density at radius 2 is 1.83 bits per heavy atom. The van der Waals surface area contributed by atoms with Gasteiger partial charge >= 0.3 is 0 Å². The number of halogens is 2. The van der Waals surface area contributed by atoms with Crippen molar-refractivity contribution in [1.82, 2.24) is 9.97 Å². The molecule has 1 N–H and O–H groups in total. The summed E-state index contributed by atoms with van der Waals surface area (Å²) in [6.45, 7) is 3.48. The number of hydrogen-bond acceptors (Lipinski definition) is 3. The van der Waals surface area contributed by atoms with E-state index in [-0.39, 0.29) is 5.56 Å². The van der Waals surface area contributed by atoms with Gasteiger partial charge in [-0.3, -0.25) is 0 Å². The van der Waals surface area contributed by atoms with Gasteiger partial charge < -0.3 is 5.32 Å². The van der Waals surface area contributed by atoms with E-state index in [0.717, 1.165) is 18.2 Å². The lowest BCUT2D eigenvalue weighted by molar-refractivity contribution is 0.602. The zero-order valence-electron chi connectivity index (χ0n) is 10.4. The fraction of sp³-hybridized carbons (Fsp3) is 0.231. The summed E-state index contributed by atoms with van der Waals surface area (Å²) in [7, 11) is 1.72. The van der Waals surface area contributed by atoms with Gasteiger partial charge in [0.1, 0.15) is 23.3 Å². The minimum atomic E-state index is -0.500. The summed E-state index contributed by atoms with van der Waals surface area (Å²) in [5.74, 6) is 0.123. The Morgan fingerprint density at radius 1 is 1.11 bits per heavy atom. The van der Waals surface area contributed by atoms with E-state index < -0.39 is 11.6 Å². The lowest BCUT2D eigenvalue weighted by Gasteiger charge is -2.11. The van der Waals surface area contributed by atoms with Crippen LogP contribution in [0.5, 0.6) is 0 Å². The van der Waals surface area contributed by atoms with Crippen LogP contribution in [-0.2, 0) is 0 Å². The molecule has 0 saturated heterocycles. The Labute approximate surface area is 104 Å². The summed E-state index contributed by atoms with van der Waals surface area (Å²) in [6.07, 6.45) is 0. The van der Waals surface area contributed by atoms with Gasteiger partial charge in [0, 0.05) is 18.2 Å². The maximum absolute atomic E-state index is 13.8. The molecule has 0 fully saturated rings. The van der Waals surface area contributed by atoms with E-state index in [2.05, 4.69) is 15.3 Å². The fourth-order valence-electron chi connectivity index (χ4n) is 1.81. The summed E-state index contributed by atoms with van der Waals surface area (Å²) in [6, 6.07) is 3.32. The first-order valence-corrected chi connectivity index (χ1v) is 5.51. The molecule has 1 aromatic carbocycles. The summed E-state index contributed by atoms with van der Waals surface area (Å²) >= 11 is 0. The second kappa shape index (κ2) is 4.68. The quantitative estimate of drug-likeness (QED) is 0.888. The number of rotatable bonds is 2. The van der Waals surface area contributed by atoms with Crippen LogP contribution in [-0.4, -0.2) is 17.0 Å². The van der Waals surface area contributed by atoms with E-state index in [0.29, 0.717) is 22.9 Å². The third-order valence-electron chi connectivity index (χ3n) is 2.68. The number of anilines is 1. The maximum atomic E-state index is 13.8. The van der Waals surface area contributed by atoms with Crippen molar-refractivity contribution in [2.24, 2.45) is 0 Å². The fourth-order valence-corrected chi connectivity index (χ4v) is 1.81. The van der Waals surface area contributed by atoms with Gasteiger partial charge in [0.15, 0.2) is 0 Å². The Hall–Kier alpha value is -2.04. The Balaban J connectivity index is 2.70. The molecule has 0 radical (unpaired) electrons. The highest BCUT2D eigenvalue weighted by atomic mass is 19.1. The molecule has 2 aromatic rings. The van der Waals surface area contributed by atoms with Crippen molar-refractivity contribution >= 4 is 5.82 Å². The van der Waals surface area contributed by atoms with E-state index in [1.807, 2.05) is 0 Å². The first-order valence-electron chi connectivity index (χ1n) is 5.51. The standard InChI is InChI=1S/C13H13F2N3/c1-7-12(17-8(2)18-13(7)16-3)10-6-9(14)4-5-11(10)15/h4-6H,1-3H3,(H,16,17,18). The molecule has 0 bridgehead atoms. The van der Waals surface area contributed by atoms with Crippen LogP contribution < -0.4 is 5.32 Å². The Bertz CT molecular complexity index is 597. The number of aromatic nitrogens is 2. The molecule has 1 aromatic heterocycles. The minimum Gasteiger partial charge on any atom is -0.373 e. The van der Waals surface area contributed by atoms with Crippen LogP contribution >= 0.6 is 0 Å². The summed E-state index contributed by atoms with van der Waals surface area (Å²) in [5.41, 5.74) is 1.24.